The molecule has 0 radical (unpaired) electrons. The number of amides is 2. The molecule has 0 aromatic heterocycles. The van der Waals surface area contributed by atoms with Crippen LogP contribution in [0.4, 0.5) is 4.79 Å². The zero-order valence-electron chi connectivity index (χ0n) is 16.6. The fraction of sp³-hybridized carbons (Fsp3) is 0.261. The third-order valence-corrected chi connectivity index (χ3v) is 4.49. The van der Waals surface area contributed by atoms with Crippen molar-refractivity contribution in [2.24, 2.45) is 4.99 Å². The van der Waals surface area contributed by atoms with Gasteiger partial charge in [-0.25, -0.2) is 4.79 Å². The molecule has 0 atom stereocenters. The number of nitrogens with zero attached hydrogens (tertiary/aromatic N) is 1. The number of carbonyl (C=O) groups is 2. The molecule has 2 amide bonds. The quantitative estimate of drug-likeness (QED) is 0.700. The zero-order valence-corrected chi connectivity index (χ0v) is 16.6. The Bertz CT molecular complexity index is 942. The highest BCUT2D eigenvalue weighted by Gasteiger charge is 2.12. The molecule has 1 aliphatic rings. The van der Waals surface area contributed by atoms with Crippen LogP contribution in [0.1, 0.15) is 31.4 Å². The van der Waals surface area contributed by atoms with Crippen LogP contribution in [0.5, 0.6) is 0 Å². The maximum atomic E-state index is 11.9. The van der Waals surface area contributed by atoms with Gasteiger partial charge >= 0.3 is 12.0 Å². The lowest BCUT2D eigenvalue weighted by Gasteiger charge is -2.16. The number of aliphatic imine (C=N–C) groups is 1. The average Bonchev–Trinajstić information content (AvgIpc) is 2.68. The molecular formula is C23H25N3O3. The van der Waals surface area contributed by atoms with Crippen LogP contribution in [0.25, 0.3) is 11.1 Å². The first-order valence-electron chi connectivity index (χ1n) is 9.65. The Morgan fingerprint density at radius 2 is 1.59 bits per heavy atom. The fourth-order valence-electron chi connectivity index (χ4n) is 3.12. The zero-order chi connectivity index (χ0) is 20.8. The summed E-state index contributed by atoms with van der Waals surface area (Å²) in [7, 11) is 0. The number of aliphatic carboxylic acids is 1. The van der Waals surface area contributed by atoms with Gasteiger partial charge in [-0.2, -0.15) is 0 Å². The molecule has 0 fully saturated rings. The van der Waals surface area contributed by atoms with Crippen molar-refractivity contribution in [3.63, 3.8) is 0 Å². The molecule has 0 spiro atoms. The summed E-state index contributed by atoms with van der Waals surface area (Å²) in [6.45, 7) is 4.47. The predicted molar refractivity (Wildman–Crippen MR) is 114 cm³/mol. The Morgan fingerprint density at radius 1 is 1.00 bits per heavy atom. The van der Waals surface area contributed by atoms with E-state index in [1.807, 2.05) is 68.5 Å². The maximum absolute atomic E-state index is 11.9. The predicted octanol–water partition coefficient (Wildman–Crippen LogP) is 3.77. The summed E-state index contributed by atoms with van der Waals surface area (Å²) in [5, 5.41) is 14.6. The van der Waals surface area contributed by atoms with Gasteiger partial charge in [-0.15, -0.1) is 0 Å². The molecule has 0 saturated heterocycles. The second kappa shape index (κ2) is 9.19. The van der Waals surface area contributed by atoms with Crippen molar-refractivity contribution < 1.29 is 14.7 Å². The van der Waals surface area contributed by atoms with E-state index in [0.29, 0.717) is 13.0 Å². The molecule has 1 aliphatic heterocycles. The molecule has 3 N–H and O–H groups in total. The van der Waals surface area contributed by atoms with Gasteiger partial charge in [0.15, 0.2) is 0 Å². The molecule has 0 unspecified atom stereocenters. The lowest BCUT2D eigenvalue weighted by molar-refractivity contribution is -0.136. The summed E-state index contributed by atoms with van der Waals surface area (Å²) in [4.78, 5) is 27.3. The highest BCUT2D eigenvalue weighted by Crippen LogP contribution is 2.22. The van der Waals surface area contributed by atoms with Crippen LogP contribution in [-0.4, -0.2) is 35.4 Å². The number of dihydropyridines is 1. The first-order chi connectivity index (χ1) is 13.9. The largest absolute Gasteiger partial charge is 0.481 e. The van der Waals surface area contributed by atoms with Gasteiger partial charge in [0.05, 0.1) is 12.1 Å². The smallest absolute Gasteiger partial charge is 0.319 e. The summed E-state index contributed by atoms with van der Waals surface area (Å²) < 4.78 is 0. The summed E-state index contributed by atoms with van der Waals surface area (Å²) in [6, 6.07) is 15.5. The first kappa shape index (κ1) is 20.3. The third kappa shape index (κ3) is 5.78. The Labute approximate surface area is 170 Å². The minimum Gasteiger partial charge on any atom is -0.481 e. The highest BCUT2D eigenvalue weighted by atomic mass is 16.4. The summed E-state index contributed by atoms with van der Waals surface area (Å²) in [5.74, 6) is -0.834. The lowest BCUT2D eigenvalue weighted by Crippen LogP contribution is -2.39. The van der Waals surface area contributed by atoms with Crippen LogP contribution in [0, 0.1) is 0 Å². The number of carboxylic acids is 1. The van der Waals surface area contributed by atoms with E-state index in [0.717, 1.165) is 33.7 Å². The van der Waals surface area contributed by atoms with Crippen molar-refractivity contribution in [3.8, 4) is 11.1 Å². The summed E-state index contributed by atoms with van der Waals surface area (Å²) >= 11 is 0. The number of carboxylic acid groups (broad SMARTS) is 1. The number of carbonyl (C=O) groups excluding carboxylic acids is 1. The van der Waals surface area contributed by atoms with Gasteiger partial charge in [0.2, 0.25) is 0 Å². The fourth-order valence-corrected chi connectivity index (χ4v) is 3.12. The second-order valence-electron chi connectivity index (χ2n) is 7.28. The summed E-state index contributed by atoms with van der Waals surface area (Å²) in [5.41, 5.74) is 5.54. The molecule has 6 heteroatoms. The van der Waals surface area contributed by atoms with Gasteiger partial charge in [-0.1, -0.05) is 48.5 Å². The summed E-state index contributed by atoms with van der Waals surface area (Å²) in [6.07, 6.45) is 2.64. The molecule has 1 heterocycles. The van der Waals surface area contributed by atoms with Crippen molar-refractivity contribution in [2.75, 3.05) is 6.54 Å². The van der Waals surface area contributed by atoms with Gasteiger partial charge in [-0.05, 0) is 42.2 Å². The molecule has 0 aliphatic carbocycles. The Balaban J connectivity index is 1.70. The third-order valence-electron chi connectivity index (χ3n) is 4.49. The minimum atomic E-state index is -0.834. The number of allylic oxidation sites excluding steroid dienone is 1. The van der Waals surface area contributed by atoms with E-state index in [2.05, 4.69) is 15.6 Å². The van der Waals surface area contributed by atoms with E-state index in [9.17, 15) is 9.59 Å². The van der Waals surface area contributed by atoms with Crippen LogP contribution in [0.2, 0.25) is 0 Å². The van der Waals surface area contributed by atoms with Crippen molar-refractivity contribution in [3.05, 3.63) is 71.4 Å². The van der Waals surface area contributed by atoms with Gasteiger partial charge < -0.3 is 15.7 Å². The van der Waals surface area contributed by atoms with Crippen LogP contribution in [0.3, 0.4) is 0 Å². The molecule has 2 aromatic rings. The number of rotatable bonds is 6. The topological polar surface area (TPSA) is 90.8 Å². The Morgan fingerprint density at radius 3 is 2.17 bits per heavy atom. The SMILES string of the molecule is CC(C)NC(=O)NC1=CC(c2ccc(-c3ccc(CC(=O)O)cc3)cc2)=NCC1. The van der Waals surface area contributed by atoms with Crippen LogP contribution >= 0.6 is 0 Å². The van der Waals surface area contributed by atoms with Crippen LogP contribution < -0.4 is 10.6 Å². The molecule has 29 heavy (non-hydrogen) atoms. The van der Waals surface area contributed by atoms with Crippen LogP contribution in [0.15, 0.2) is 65.3 Å². The van der Waals surface area contributed by atoms with E-state index in [-0.39, 0.29) is 18.5 Å². The number of benzene rings is 2. The Hall–Kier alpha value is -3.41. The second-order valence-corrected chi connectivity index (χ2v) is 7.28. The van der Waals surface area contributed by atoms with E-state index in [1.54, 1.807) is 0 Å². The van der Waals surface area contributed by atoms with Gasteiger partial charge in [0.25, 0.3) is 0 Å². The molecule has 0 bridgehead atoms. The average molecular weight is 391 g/mol. The highest BCUT2D eigenvalue weighted by molar-refractivity contribution is 6.09. The van der Waals surface area contributed by atoms with E-state index in [1.165, 1.54) is 0 Å². The van der Waals surface area contributed by atoms with Gasteiger partial charge in [0, 0.05) is 24.7 Å². The lowest BCUT2D eigenvalue weighted by atomic mass is 9.99. The van der Waals surface area contributed by atoms with E-state index < -0.39 is 5.97 Å². The van der Waals surface area contributed by atoms with Crippen LogP contribution in [-0.2, 0) is 11.2 Å². The molecule has 2 aromatic carbocycles. The number of nitrogens with one attached hydrogen (secondary N) is 2. The number of hydrogen-bond acceptors (Lipinski definition) is 3. The minimum absolute atomic E-state index is 0.0247. The molecule has 0 saturated carbocycles. The van der Waals surface area contributed by atoms with Crippen molar-refractivity contribution in [1.82, 2.24) is 10.6 Å². The normalized spacial score (nSPS) is 13.5. The van der Waals surface area contributed by atoms with E-state index in [4.69, 9.17) is 5.11 Å². The first-order valence-corrected chi connectivity index (χ1v) is 9.65. The van der Waals surface area contributed by atoms with Gasteiger partial charge in [0.1, 0.15) is 0 Å². The van der Waals surface area contributed by atoms with Crippen molar-refractivity contribution in [2.45, 2.75) is 32.7 Å². The van der Waals surface area contributed by atoms with Gasteiger partial charge in [-0.3, -0.25) is 9.79 Å². The molecule has 3 rings (SSSR count). The van der Waals surface area contributed by atoms with Crippen molar-refractivity contribution in [1.29, 1.82) is 0 Å². The monoisotopic (exact) mass is 391 g/mol. The maximum Gasteiger partial charge on any atom is 0.319 e. The molecular weight excluding hydrogens is 366 g/mol. The molecule has 6 nitrogen and oxygen atoms in total. The number of urea groups is 1. The Kier molecular flexibility index (Phi) is 6.44. The molecule has 150 valence electrons. The van der Waals surface area contributed by atoms with E-state index >= 15 is 0 Å². The van der Waals surface area contributed by atoms with Crippen molar-refractivity contribution >= 4 is 17.7 Å². The standard InChI is InChI=1S/C23H25N3O3/c1-15(2)25-23(29)26-20-11-12-24-21(14-20)19-9-7-18(8-10-19)17-5-3-16(4-6-17)13-22(27)28/h3-10,14-15H,11-13H2,1-2H3,(H,27,28)(H2,25,26,29). The number of hydrogen-bond donors (Lipinski definition) is 3.